The minimum atomic E-state index is -3.37. The minimum absolute atomic E-state index is 0.749. The van der Waals surface area contributed by atoms with E-state index >= 15 is 0 Å². The molecule has 0 aliphatic heterocycles. The molecule has 0 fully saturated rings. The second-order valence-electron chi connectivity index (χ2n) is 1.78. The lowest BCUT2D eigenvalue weighted by Gasteiger charge is -2.06. The molecule has 0 N–H and O–H groups in total. The van der Waals surface area contributed by atoms with Crippen LogP contribution >= 0.6 is 18.2 Å². The first-order valence-corrected chi connectivity index (χ1v) is 6.56. The van der Waals surface area contributed by atoms with Gasteiger partial charge in [-0.25, -0.2) is 4.57 Å². The van der Waals surface area contributed by atoms with Crippen molar-refractivity contribution in [3.05, 3.63) is 0 Å². The van der Waals surface area contributed by atoms with Crippen LogP contribution in [0.15, 0.2) is 0 Å². The molecule has 0 aliphatic carbocycles. The maximum absolute atomic E-state index is 11.7. The first-order valence-electron chi connectivity index (χ1n) is 3.59. The molecule has 74 valence electrons. The molecule has 3 nitrogen and oxygen atoms in total. The number of hydrogen-bond acceptors (Lipinski definition) is 4. The molecule has 0 rings (SSSR count). The van der Waals surface area contributed by atoms with Crippen LogP contribution in [0.4, 0.5) is 0 Å². The highest BCUT2D eigenvalue weighted by Gasteiger charge is 2.26. The quantitative estimate of drug-likeness (QED) is 0.549. The Hall–Kier alpha value is -1.14. The van der Waals surface area contributed by atoms with E-state index < -0.39 is 6.80 Å². The molecule has 0 saturated carbocycles. The van der Waals surface area contributed by atoms with E-state index in [4.69, 9.17) is 9.05 Å². The summed E-state index contributed by atoms with van der Waals surface area (Å²) in [6.07, 6.45) is 4.42. The summed E-state index contributed by atoms with van der Waals surface area (Å²) in [6.45, 7) is 1.37. The Balaban J connectivity index is 4.56. The van der Waals surface area contributed by atoms with E-state index in [9.17, 15) is 4.57 Å². The lowest BCUT2D eigenvalue weighted by Crippen LogP contribution is -1.81. The molecule has 0 aliphatic rings. The van der Waals surface area contributed by atoms with E-state index in [1.165, 1.54) is 0 Å². The van der Waals surface area contributed by atoms with Crippen molar-refractivity contribution in [2.45, 2.75) is 20.8 Å². The van der Waals surface area contributed by atoms with Gasteiger partial charge in [0.25, 0.3) is 0 Å². The van der Waals surface area contributed by atoms with Crippen LogP contribution in [0.3, 0.4) is 0 Å². The van der Waals surface area contributed by atoms with Gasteiger partial charge in [-0.2, -0.15) is 0 Å². The van der Waals surface area contributed by atoms with Crippen molar-refractivity contribution in [3.8, 4) is 35.2 Å². The van der Waals surface area contributed by atoms with Gasteiger partial charge in [0.2, 0.25) is 0 Å². The van der Waals surface area contributed by atoms with E-state index in [2.05, 4.69) is 35.2 Å². The number of rotatable bonds is 3. The highest BCUT2D eigenvalue weighted by Crippen LogP contribution is 2.59. The molecule has 0 heterocycles. The van der Waals surface area contributed by atoms with Gasteiger partial charge in [0.15, 0.2) is 0 Å². The third kappa shape index (κ3) is 5.50. The van der Waals surface area contributed by atoms with Crippen molar-refractivity contribution < 1.29 is 13.6 Å². The van der Waals surface area contributed by atoms with Gasteiger partial charge in [-0.1, -0.05) is 17.8 Å². The summed E-state index contributed by atoms with van der Waals surface area (Å²) < 4.78 is 21.1. The predicted molar refractivity (Wildman–Crippen MR) is 57.7 cm³/mol. The Bertz CT molecular complexity index is 335. The van der Waals surface area contributed by atoms with Crippen LogP contribution in [0, 0.1) is 35.2 Å². The molecule has 0 atom stereocenters. The van der Waals surface area contributed by atoms with Crippen molar-refractivity contribution in [1.82, 2.24) is 0 Å². The highest BCUT2D eigenvalue weighted by atomic mass is 32.7. The average molecular weight is 228 g/mol. The van der Waals surface area contributed by atoms with Crippen LogP contribution in [0.2, 0.25) is 0 Å². The van der Waals surface area contributed by atoms with Crippen LogP contribution in [0.1, 0.15) is 20.8 Å². The van der Waals surface area contributed by atoms with Crippen LogP contribution in [-0.4, -0.2) is 0 Å². The van der Waals surface area contributed by atoms with E-state index in [-0.39, 0.29) is 0 Å². The topological polar surface area (TPSA) is 35.5 Å². The molecule has 0 saturated heterocycles. The Morgan fingerprint density at radius 3 is 1.86 bits per heavy atom. The van der Waals surface area contributed by atoms with E-state index in [0.717, 1.165) is 11.4 Å². The first-order chi connectivity index (χ1) is 6.68. The smallest absolute Gasteiger partial charge is 0.354 e. The fourth-order valence-electron chi connectivity index (χ4n) is 0.361. The van der Waals surface area contributed by atoms with Crippen molar-refractivity contribution >= 4 is 18.2 Å². The molecule has 5 heteroatoms. The van der Waals surface area contributed by atoms with Crippen molar-refractivity contribution in [3.63, 3.8) is 0 Å². The van der Waals surface area contributed by atoms with Crippen LogP contribution < -0.4 is 0 Å². The van der Waals surface area contributed by atoms with Gasteiger partial charge in [0.05, 0.1) is 11.4 Å². The molecule has 0 amide bonds. The molecule has 0 aromatic rings. The lowest BCUT2D eigenvalue weighted by molar-refractivity contribution is 0.376. The molecule has 0 unspecified atom stereocenters. The van der Waals surface area contributed by atoms with Crippen molar-refractivity contribution in [2.75, 3.05) is 0 Å². The summed E-state index contributed by atoms with van der Waals surface area (Å²) in [5, 5.41) is 2.52. The molecular weight excluding hydrogens is 219 g/mol. The summed E-state index contributed by atoms with van der Waals surface area (Å²) >= 11 is 0.749. The highest BCUT2D eigenvalue weighted by molar-refractivity contribution is 8.57. The summed E-state index contributed by atoms with van der Waals surface area (Å²) in [4.78, 5) is 0. The summed E-state index contributed by atoms with van der Waals surface area (Å²) in [5.74, 6) is 7.44. The summed E-state index contributed by atoms with van der Waals surface area (Å²) in [7, 11) is 0. The maximum Gasteiger partial charge on any atom is 0.521 e. The normalized spacial score (nSPS) is 7.93. The minimum Gasteiger partial charge on any atom is -0.354 e. The monoisotopic (exact) mass is 228 g/mol. The van der Waals surface area contributed by atoms with Crippen LogP contribution in [0.25, 0.3) is 0 Å². The van der Waals surface area contributed by atoms with Gasteiger partial charge < -0.3 is 9.05 Å². The number of hydrogen-bond donors (Lipinski definition) is 0. The van der Waals surface area contributed by atoms with Crippen molar-refractivity contribution in [2.24, 2.45) is 0 Å². The SMILES string of the molecule is CC#COP(=O)(OC#CC)SC#CC. The molecule has 0 bridgehead atoms. The molecular formula is C9H9O3PS. The van der Waals surface area contributed by atoms with E-state index in [1.54, 1.807) is 20.8 Å². The zero-order chi connectivity index (χ0) is 10.9. The Morgan fingerprint density at radius 2 is 1.50 bits per heavy atom. The average Bonchev–Trinajstić information content (AvgIpc) is 2.21. The molecule has 14 heavy (non-hydrogen) atoms. The fourth-order valence-corrected chi connectivity index (χ4v) is 2.14. The second kappa shape index (κ2) is 7.28. The predicted octanol–water partition coefficient (Wildman–Crippen LogP) is 2.80. The molecule has 0 aromatic heterocycles. The Kier molecular flexibility index (Phi) is 6.69. The Labute approximate surface area is 88.2 Å². The third-order valence-corrected chi connectivity index (χ3v) is 3.32. The van der Waals surface area contributed by atoms with E-state index in [1.807, 2.05) is 0 Å². The third-order valence-electron chi connectivity index (χ3n) is 0.779. The van der Waals surface area contributed by atoms with Gasteiger partial charge in [0.1, 0.15) is 12.2 Å². The molecule has 0 spiro atoms. The summed E-state index contributed by atoms with van der Waals surface area (Å²) in [5.41, 5.74) is 0. The van der Waals surface area contributed by atoms with Crippen LogP contribution in [-0.2, 0) is 13.6 Å². The largest absolute Gasteiger partial charge is 0.521 e. The van der Waals surface area contributed by atoms with Crippen molar-refractivity contribution in [1.29, 1.82) is 0 Å². The fraction of sp³-hybridized carbons (Fsp3) is 0.333. The van der Waals surface area contributed by atoms with Gasteiger partial charge in [-0.15, -0.1) is 0 Å². The Morgan fingerprint density at radius 1 is 1.00 bits per heavy atom. The maximum atomic E-state index is 11.7. The second-order valence-corrected chi connectivity index (χ2v) is 5.31. The van der Waals surface area contributed by atoms with Gasteiger partial charge >= 0.3 is 6.80 Å². The van der Waals surface area contributed by atoms with Gasteiger partial charge in [0, 0.05) is 13.8 Å². The first kappa shape index (κ1) is 12.9. The zero-order valence-electron chi connectivity index (χ0n) is 8.08. The van der Waals surface area contributed by atoms with Crippen LogP contribution in [0.5, 0.6) is 0 Å². The van der Waals surface area contributed by atoms with E-state index in [0.29, 0.717) is 0 Å². The summed E-state index contributed by atoms with van der Waals surface area (Å²) in [6, 6.07) is 0. The lowest BCUT2D eigenvalue weighted by atomic mass is 10.8. The molecule has 0 aromatic carbocycles. The zero-order valence-corrected chi connectivity index (χ0v) is 9.79. The molecule has 0 radical (unpaired) electrons. The standard InChI is InChI=1S/C9H9O3PS/c1-4-7-11-13(10,12-8-5-2)14-9-6-3/h1-3H3. The van der Waals surface area contributed by atoms with Gasteiger partial charge in [-0.3, -0.25) is 0 Å². The van der Waals surface area contributed by atoms with Gasteiger partial charge in [-0.05, 0) is 12.2 Å².